The molecular weight excluding hydrogens is 354 g/mol. The maximum Gasteiger partial charge on any atom is 0.258 e. The minimum absolute atomic E-state index is 0.0572. The number of aromatic nitrogens is 5. The lowest BCUT2D eigenvalue weighted by Gasteiger charge is -2.09. The van der Waals surface area contributed by atoms with Gasteiger partial charge in [-0.15, -0.1) is 21.5 Å². The Bertz CT molecular complexity index is 1110. The fraction of sp³-hybridized carbons (Fsp3) is 0.176. The second-order valence-electron chi connectivity index (χ2n) is 5.63. The molecule has 0 atom stereocenters. The molecule has 6 nitrogen and oxygen atoms in total. The van der Waals surface area contributed by atoms with Crippen LogP contribution >= 0.6 is 23.1 Å². The number of aryl methyl sites for hydroxylation is 2. The van der Waals surface area contributed by atoms with Crippen LogP contribution in [-0.2, 0) is 5.75 Å². The van der Waals surface area contributed by atoms with Crippen molar-refractivity contribution in [3.63, 3.8) is 0 Å². The summed E-state index contributed by atoms with van der Waals surface area (Å²) in [4.78, 5) is 17.3. The summed E-state index contributed by atoms with van der Waals surface area (Å²) < 4.78 is 3.58. The minimum Gasteiger partial charge on any atom is -0.274 e. The molecule has 1 aromatic carbocycles. The van der Waals surface area contributed by atoms with Crippen LogP contribution in [0.3, 0.4) is 0 Å². The highest BCUT2D eigenvalue weighted by molar-refractivity contribution is 7.98. The summed E-state index contributed by atoms with van der Waals surface area (Å²) in [6.45, 7) is 3.99. The third-order valence-corrected chi connectivity index (χ3v) is 5.48. The SMILES string of the molecule is Cc1cccc(-n2c(C)nnc2SCc2cc(=O)n3ccsc3n2)c1. The van der Waals surface area contributed by atoms with E-state index in [4.69, 9.17) is 0 Å². The van der Waals surface area contributed by atoms with Crippen LogP contribution in [0.15, 0.2) is 51.9 Å². The van der Waals surface area contributed by atoms with Gasteiger partial charge in [0.15, 0.2) is 10.1 Å². The fourth-order valence-corrected chi connectivity index (χ4v) is 4.23. The molecule has 0 bridgehead atoms. The Hall–Kier alpha value is -2.45. The molecule has 0 spiro atoms. The third-order valence-electron chi connectivity index (χ3n) is 3.76. The Morgan fingerprint density at radius 1 is 1.20 bits per heavy atom. The largest absolute Gasteiger partial charge is 0.274 e. The molecule has 0 saturated carbocycles. The van der Waals surface area contributed by atoms with Crippen LogP contribution in [0.4, 0.5) is 0 Å². The Labute approximate surface area is 152 Å². The average molecular weight is 369 g/mol. The van der Waals surface area contributed by atoms with Crippen LogP contribution in [0.2, 0.25) is 0 Å². The minimum atomic E-state index is -0.0572. The molecule has 0 aliphatic rings. The second kappa shape index (κ2) is 6.45. The maximum atomic E-state index is 12.1. The summed E-state index contributed by atoms with van der Waals surface area (Å²) in [5, 5.41) is 11.1. The maximum absolute atomic E-state index is 12.1. The summed E-state index contributed by atoms with van der Waals surface area (Å²) in [7, 11) is 0. The van der Waals surface area contributed by atoms with Crippen LogP contribution in [0.5, 0.6) is 0 Å². The third kappa shape index (κ3) is 3.10. The predicted octanol–water partition coefficient (Wildman–Crippen LogP) is 3.25. The molecule has 3 heterocycles. The highest BCUT2D eigenvalue weighted by atomic mass is 32.2. The van der Waals surface area contributed by atoms with Crippen molar-refractivity contribution in [3.8, 4) is 5.69 Å². The topological polar surface area (TPSA) is 65.1 Å². The number of nitrogens with zero attached hydrogens (tertiary/aromatic N) is 5. The molecule has 0 N–H and O–H groups in total. The van der Waals surface area contributed by atoms with Crippen molar-refractivity contribution in [2.45, 2.75) is 24.8 Å². The zero-order chi connectivity index (χ0) is 17.4. The molecular formula is C17H15N5OS2. The lowest BCUT2D eigenvalue weighted by molar-refractivity contribution is 0.866. The van der Waals surface area contributed by atoms with E-state index in [1.54, 1.807) is 16.7 Å². The van der Waals surface area contributed by atoms with Crippen molar-refractivity contribution in [2.24, 2.45) is 0 Å². The van der Waals surface area contributed by atoms with Crippen molar-refractivity contribution < 1.29 is 0 Å². The molecule has 0 fully saturated rings. The number of thiazole rings is 1. The molecule has 0 radical (unpaired) electrons. The molecule has 8 heteroatoms. The monoisotopic (exact) mass is 369 g/mol. The van der Waals surface area contributed by atoms with Crippen LogP contribution in [0.25, 0.3) is 10.6 Å². The highest BCUT2D eigenvalue weighted by Gasteiger charge is 2.13. The van der Waals surface area contributed by atoms with Gasteiger partial charge in [0, 0.05) is 29.1 Å². The van der Waals surface area contributed by atoms with Gasteiger partial charge in [-0.3, -0.25) is 13.8 Å². The van der Waals surface area contributed by atoms with Crippen LogP contribution < -0.4 is 5.56 Å². The number of thioether (sulfide) groups is 1. The molecule has 4 aromatic rings. The van der Waals surface area contributed by atoms with E-state index in [9.17, 15) is 4.79 Å². The van der Waals surface area contributed by atoms with E-state index in [1.807, 2.05) is 29.0 Å². The van der Waals surface area contributed by atoms with E-state index >= 15 is 0 Å². The first-order valence-electron chi connectivity index (χ1n) is 7.69. The second-order valence-corrected chi connectivity index (χ2v) is 7.45. The van der Waals surface area contributed by atoms with E-state index in [-0.39, 0.29) is 5.56 Å². The molecule has 4 rings (SSSR count). The predicted molar refractivity (Wildman–Crippen MR) is 99.7 cm³/mol. The van der Waals surface area contributed by atoms with Gasteiger partial charge < -0.3 is 0 Å². The number of benzene rings is 1. The highest BCUT2D eigenvalue weighted by Crippen LogP contribution is 2.25. The van der Waals surface area contributed by atoms with Gasteiger partial charge in [-0.2, -0.15) is 0 Å². The number of hydrogen-bond donors (Lipinski definition) is 0. The first-order valence-corrected chi connectivity index (χ1v) is 9.56. The van der Waals surface area contributed by atoms with Gasteiger partial charge in [0.2, 0.25) is 0 Å². The number of hydrogen-bond acceptors (Lipinski definition) is 6. The van der Waals surface area contributed by atoms with Crippen LogP contribution in [0.1, 0.15) is 17.1 Å². The van der Waals surface area contributed by atoms with E-state index in [0.29, 0.717) is 10.7 Å². The standard InChI is InChI=1S/C17H15N5OS2/c1-11-4-3-5-14(8-11)22-12(2)19-20-17(22)25-10-13-9-15(23)21-6-7-24-16(21)18-13/h3-9H,10H2,1-2H3. The molecule has 0 saturated heterocycles. The van der Waals surface area contributed by atoms with Gasteiger partial charge >= 0.3 is 0 Å². The summed E-state index contributed by atoms with van der Waals surface area (Å²) in [6, 6.07) is 9.79. The smallest absolute Gasteiger partial charge is 0.258 e. The van der Waals surface area contributed by atoms with E-state index < -0.39 is 0 Å². The summed E-state index contributed by atoms with van der Waals surface area (Å²) in [5.41, 5.74) is 2.90. The van der Waals surface area contributed by atoms with Crippen LogP contribution in [-0.4, -0.2) is 24.1 Å². The van der Waals surface area contributed by atoms with E-state index in [0.717, 1.165) is 22.4 Å². The number of fused-ring (bicyclic) bond motifs is 1. The van der Waals surface area contributed by atoms with Crippen LogP contribution in [0, 0.1) is 13.8 Å². The lowest BCUT2D eigenvalue weighted by Crippen LogP contribution is -2.12. The van der Waals surface area contributed by atoms with Crippen molar-refractivity contribution in [2.75, 3.05) is 0 Å². The van der Waals surface area contributed by atoms with Gasteiger partial charge in [-0.25, -0.2) is 4.98 Å². The Morgan fingerprint density at radius 3 is 2.92 bits per heavy atom. The van der Waals surface area contributed by atoms with Crippen molar-refractivity contribution in [3.05, 3.63) is 69.3 Å². The first kappa shape index (κ1) is 16.0. The van der Waals surface area contributed by atoms with Gasteiger partial charge in [0.1, 0.15) is 5.82 Å². The van der Waals surface area contributed by atoms with Crippen molar-refractivity contribution in [1.29, 1.82) is 0 Å². The van der Waals surface area contributed by atoms with Gasteiger partial charge in [-0.05, 0) is 31.5 Å². The van der Waals surface area contributed by atoms with Gasteiger partial charge in [0.25, 0.3) is 5.56 Å². The van der Waals surface area contributed by atoms with Crippen molar-refractivity contribution >= 4 is 28.1 Å². The summed E-state index contributed by atoms with van der Waals surface area (Å²) in [5.74, 6) is 1.39. The summed E-state index contributed by atoms with van der Waals surface area (Å²) >= 11 is 2.98. The molecule has 0 aliphatic carbocycles. The fourth-order valence-electron chi connectivity index (χ4n) is 2.60. The Morgan fingerprint density at radius 2 is 2.08 bits per heavy atom. The van der Waals surface area contributed by atoms with Gasteiger partial charge in [0.05, 0.1) is 5.69 Å². The molecule has 126 valence electrons. The average Bonchev–Trinajstić information content (AvgIpc) is 3.19. The Kier molecular flexibility index (Phi) is 4.14. The summed E-state index contributed by atoms with van der Waals surface area (Å²) in [6.07, 6.45) is 1.74. The van der Waals surface area contributed by atoms with Gasteiger partial charge in [-0.1, -0.05) is 23.9 Å². The van der Waals surface area contributed by atoms with Crippen molar-refractivity contribution in [1.82, 2.24) is 24.1 Å². The quantitative estimate of drug-likeness (QED) is 0.517. The number of rotatable bonds is 4. The lowest BCUT2D eigenvalue weighted by atomic mass is 10.2. The molecule has 0 aliphatic heterocycles. The zero-order valence-corrected chi connectivity index (χ0v) is 15.3. The van der Waals surface area contributed by atoms with E-state index in [1.165, 1.54) is 28.7 Å². The molecule has 0 amide bonds. The Balaban J connectivity index is 1.64. The zero-order valence-electron chi connectivity index (χ0n) is 13.7. The molecule has 25 heavy (non-hydrogen) atoms. The normalized spacial score (nSPS) is 11.3. The molecule has 0 unspecified atom stereocenters. The molecule has 3 aromatic heterocycles. The van der Waals surface area contributed by atoms with E-state index in [2.05, 4.69) is 34.2 Å². The first-order chi connectivity index (χ1) is 12.1.